The molecule has 0 amide bonds. The van der Waals surface area contributed by atoms with E-state index in [9.17, 15) is 9.59 Å². The first-order valence-electron chi connectivity index (χ1n) is 6.24. The number of esters is 1. The van der Waals surface area contributed by atoms with Gasteiger partial charge in [-0.1, -0.05) is 42.5 Å². The summed E-state index contributed by atoms with van der Waals surface area (Å²) in [5.74, 6) is -0.399. The van der Waals surface area contributed by atoms with Crippen molar-refractivity contribution >= 4 is 33.8 Å². The first-order chi connectivity index (χ1) is 9.76. The molecule has 0 aliphatic rings. The predicted molar refractivity (Wildman–Crippen MR) is 78.2 cm³/mol. The molecule has 0 aliphatic heterocycles. The van der Waals surface area contributed by atoms with Crippen LogP contribution in [0, 0.1) is 0 Å². The number of fused-ring (bicyclic) bond motifs is 3. The van der Waals surface area contributed by atoms with Crippen molar-refractivity contribution < 1.29 is 14.3 Å². The zero-order chi connectivity index (χ0) is 14.1. The molecule has 0 unspecified atom stereocenters. The van der Waals surface area contributed by atoms with E-state index in [0.717, 1.165) is 27.8 Å². The second-order valence-electron chi connectivity index (χ2n) is 4.52. The summed E-state index contributed by atoms with van der Waals surface area (Å²) in [4.78, 5) is 23.3. The molecule has 0 fully saturated rings. The summed E-state index contributed by atoms with van der Waals surface area (Å²) in [6.45, 7) is 0. The minimum atomic E-state index is -0.399. The van der Waals surface area contributed by atoms with E-state index in [4.69, 9.17) is 4.74 Å². The Kier molecular flexibility index (Phi) is 2.95. The third kappa shape index (κ3) is 1.75. The highest BCUT2D eigenvalue weighted by molar-refractivity contribution is 6.20. The number of hydrogen-bond donors (Lipinski definition) is 0. The van der Waals surface area contributed by atoms with Crippen LogP contribution < -0.4 is 0 Å². The number of aldehydes is 1. The maximum absolute atomic E-state index is 12.0. The lowest BCUT2D eigenvalue weighted by molar-refractivity contribution is 0.0603. The van der Waals surface area contributed by atoms with Crippen LogP contribution in [0.15, 0.2) is 48.5 Å². The zero-order valence-electron chi connectivity index (χ0n) is 10.9. The number of carbonyl (C=O) groups excluding carboxylic acids is 2. The van der Waals surface area contributed by atoms with Crippen LogP contribution in [0.25, 0.3) is 21.5 Å². The van der Waals surface area contributed by atoms with Crippen LogP contribution in [0.3, 0.4) is 0 Å². The smallest absolute Gasteiger partial charge is 0.338 e. The number of hydrogen-bond acceptors (Lipinski definition) is 3. The van der Waals surface area contributed by atoms with Crippen LogP contribution in [0.2, 0.25) is 0 Å². The summed E-state index contributed by atoms with van der Waals surface area (Å²) in [6.07, 6.45) is 0.815. The van der Waals surface area contributed by atoms with E-state index < -0.39 is 5.97 Å². The van der Waals surface area contributed by atoms with Gasteiger partial charge in [0.15, 0.2) is 6.29 Å². The molecule has 0 bridgehead atoms. The SMILES string of the molecule is COC(=O)c1cccc2ccc3cccc(C=O)c3c12. The van der Waals surface area contributed by atoms with Crippen LogP contribution in [-0.2, 0) is 4.74 Å². The van der Waals surface area contributed by atoms with Crippen molar-refractivity contribution in [3.05, 3.63) is 59.7 Å². The van der Waals surface area contributed by atoms with E-state index in [1.807, 2.05) is 36.4 Å². The third-order valence-corrected chi connectivity index (χ3v) is 3.45. The fraction of sp³-hybridized carbons (Fsp3) is 0.0588. The molecule has 0 heterocycles. The summed E-state index contributed by atoms with van der Waals surface area (Å²) in [5.41, 5.74) is 1.05. The highest BCUT2D eigenvalue weighted by Gasteiger charge is 2.14. The number of rotatable bonds is 2. The van der Waals surface area contributed by atoms with Crippen molar-refractivity contribution in [2.24, 2.45) is 0 Å². The first kappa shape index (κ1) is 12.4. The third-order valence-electron chi connectivity index (χ3n) is 3.45. The van der Waals surface area contributed by atoms with Crippen molar-refractivity contribution in [1.82, 2.24) is 0 Å². The molecule has 0 N–H and O–H groups in total. The maximum atomic E-state index is 12.0. The van der Waals surface area contributed by atoms with Gasteiger partial charge in [0.2, 0.25) is 0 Å². The Balaban J connectivity index is 2.57. The maximum Gasteiger partial charge on any atom is 0.338 e. The molecule has 3 aromatic rings. The van der Waals surface area contributed by atoms with E-state index >= 15 is 0 Å². The van der Waals surface area contributed by atoms with Gasteiger partial charge in [-0.15, -0.1) is 0 Å². The van der Waals surface area contributed by atoms with Gasteiger partial charge in [0.1, 0.15) is 0 Å². The van der Waals surface area contributed by atoms with Gasteiger partial charge in [0.05, 0.1) is 12.7 Å². The van der Waals surface area contributed by atoms with Crippen molar-refractivity contribution in [1.29, 1.82) is 0 Å². The largest absolute Gasteiger partial charge is 0.465 e. The summed E-state index contributed by atoms with van der Waals surface area (Å²) in [7, 11) is 1.35. The normalized spacial score (nSPS) is 10.7. The Labute approximate surface area is 115 Å². The fourth-order valence-electron chi connectivity index (χ4n) is 2.56. The Bertz CT molecular complexity index is 834. The van der Waals surface area contributed by atoms with Gasteiger partial charge >= 0.3 is 5.97 Å². The summed E-state index contributed by atoms with van der Waals surface area (Å²) in [5, 5.41) is 3.40. The molecule has 3 aromatic carbocycles. The molecule has 3 nitrogen and oxygen atoms in total. The van der Waals surface area contributed by atoms with Crippen LogP contribution >= 0.6 is 0 Å². The molecule has 3 heteroatoms. The lowest BCUT2D eigenvalue weighted by atomic mass is 9.95. The molecule has 0 aliphatic carbocycles. The zero-order valence-corrected chi connectivity index (χ0v) is 10.9. The molecule has 0 saturated carbocycles. The van der Waals surface area contributed by atoms with Crippen molar-refractivity contribution in [2.45, 2.75) is 0 Å². The molecule has 0 saturated heterocycles. The number of ether oxygens (including phenoxy) is 1. The molecule has 0 radical (unpaired) electrons. The van der Waals surface area contributed by atoms with Crippen molar-refractivity contribution in [3.8, 4) is 0 Å². The Morgan fingerprint density at radius 3 is 2.25 bits per heavy atom. The Morgan fingerprint density at radius 2 is 1.60 bits per heavy atom. The number of methoxy groups -OCH3 is 1. The van der Waals surface area contributed by atoms with Gasteiger partial charge in [-0.05, 0) is 16.8 Å². The molecule has 0 spiro atoms. The van der Waals surface area contributed by atoms with Gasteiger partial charge in [-0.3, -0.25) is 4.79 Å². The second kappa shape index (κ2) is 4.78. The van der Waals surface area contributed by atoms with E-state index in [1.165, 1.54) is 7.11 Å². The minimum absolute atomic E-state index is 0.399. The van der Waals surface area contributed by atoms with Crippen LogP contribution in [-0.4, -0.2) is 19.4 Å². The van der Waals surface area contributed by atoms with E-state index in [0.29, 0.717) is 11.1 Å². The fourth-order valence-corrected chi connectivity index (χ4v) is 2.56. The second-order valence-corrected chi connectivity index (χ2v) is 4.52. The minimum Gasteiger partial charge on any atom is -0.465 e. The molecule has 0 atom stereocenters. The predicted octanol–water partition coefficient (Wildman–Crippen LogP) is 3.59. The molecular formula is C17H12O3. The molecule has 0 aromatic heterocycles. The van der Waals surface area contributed by atoms with Gasteiger partial charge in [-0.25, -0.2) is 4.79 Å². The summed E-state index contributed by atoms with van der Waals surface area (Å²) < 4.78 is 4.84. The van der Waals surface area contributed by atoms with Gasteiger partial charge < -0.3 is 4.74 Å². The van der Waals surface area contributed by atoms with Gasteiger partial charge in [0.25, 0.3) is 0 Å². The topological polar surface area (TPSA) is 43.4 Å². The van der Waals surface area contributed by atoms with E-state index in [2.05, 4.69) is 0 Å². The van der Waals surface area contributed by atoms with Crippen LogP contribution in [0.5, 0.6) is 0 Å². The lowest BCUT2D eigenvalue weighted by Crippen LogP contribution is -2.02. The van der Waals surface area contributed by atoms with Crippen molar-refractivity contribution in [3.63, 3.8) is 0 Å². The van der Waals surface area contributed by atoms with E-state index in [-0.39, 0.29) is 0 Å². The van der Waals surface area contributed by atoms with Crippen LogP contribution in [0.4, 0.5) is 0 Å². The molecule has 3 rings (SSSR count). The van der Waals surface area contributed by atoms with Gasteiger partial charge in [0, 0.05) is 16.3 Å². The first-order valence-corrected chi connectivity index (χ1v) is 6.24. The average Bonchev–Trinajstić information content (AvgIpc) is 2.52. The van der Waals surface area contributed by atoms with E-state index in [1.54, 1.807) is 12.1 Å². The number of benzene rings is 3. The molecule has 20 heavy (non-hydrogen) atoms. The highest BCUT2D eigenvalue weighted by atomic mass is 16.5. The molecular weight excluding hydrogens is 252 g/mol. The van der Waals surface area contributed by atoms with Crippen molar-refractivity contribution in [2.75, 3.05) is 7.11 Å². The summed E-state index contributed by atoms with van der Waals surface area (Å²) >= 11 is 0. The Morgan fingerprint density at radius 1 is 0.950 bits per heavy atom. The molecule has 98 valence electrons. The quantitative estimate of drug-likeness (QED) is 0.403. The van der Waals surface area contributed by atoms with Gasteiger partial charge in [-0.2, -0.15) is 0 Å². The monoisotopic (exact) mass is 264 g/mol. The Hall–Kier alpha value is -2.68. The lowest BCUT2D eigenvalue weighted by Gasteiger charge is -2.10. The summed E-state index contributed by atoms with van der Waals surface area (Å²) in [6, 6.07) is 14.9. The highest BCUT2D eigenvalue weighted by Crippen LogP contribution is 2.30. The number of carbonyl (C=O) groups is 2. The van der Waals surface area contributed by atoms with Crippen LogP contribution in [0.1, 0.15) is 20.7 Å². The standard InChI is InChI=1S/C17H12O3/c1-20-17(19)14-7-3-5-12-9-8-11-4-2-6-13(10-18)15(11)16(12)14/h2-10H,1H3. The average molecular weight is 264 g/mol.